The quantitative estimate of drug-likeness (QED) is 0.891. The van der Waals surface area contributed by atoms with E-state index in [9.17, 15) is 8.42 Å². The number of hydrogen-bond donors (Lipinski definition) is 1. The molecule has 1 aromatic heterocycles. The second-order valence-electron chi connectivity index (χ2n) is 3.48. The summed E-state index contributed by atoms with van der Waals surface area (Å²) in [6, 6.07) is 5.30. The molecule has 0 amide bonds. The number of nitrogens with one attached hydrogen (secondary N) is 1. The minimum Gasteiger partial charge on any atom is -0.266 e. The lowest BCUT2D eigenvalue weighted by molar-refractivity contribution is 0.606. The molecule has 0 aliphatic carbocycles. The van der Waals surface area contributed by atoms with E-state index in [1.807, 2.05) is 6.07 Å². The number of sulfonamides is 1. The Kier molecular flexibility index (Phi) is 2.55. The summed E-state index contributed by atoms with van der Waals surface area (Å²) < 4.78 is 26.2. The SMILES string of the molecule is Cn1nc(NS(C)(=O)=O)c2c(Cl)cccc21. The molecule has 16 heavy (non-hydrogen) atoms. The lowest BCUT2D eigenvalue weighted by Crippen LogP contribution is -2.10. The van der Waals surface area contributed by atoms with Crippen molar-refractivity contribution >= 4 is 38.3 Å². The molecule has 0 spiro atoms. The molecule has 0 atom stereocenters. The predicted octanol–water partition coefficient (Wildman–Crippen LogP) is 1.60. The largest absolute Gasteiger partial charge is 0.266 e. The number of hydrogen-bond acceptors (Lipinski definition) is 3. The highest BCUT2D eigenvalue weighted by atomic mass is 35.5. The van der Waals surface area contributed by atoms with Gasteiger partial charge in [-0.3, -0.25) is 9.40 Å². The summed E-state index contributed by atoms with van der Waals surface area (Å²) in [4.78, 5) is 0. The maximum atomic E-state index is 11.2. The first-order valence-electron chi connectivity index (χ1n) is 4.47. The Labute approximate surface area is 98.1 Å². The standard InChI is InChI=1S/C9H10ClN3O2S/c1-13-7-5-3-4-6(10)8(7)9(11-13)12-16(2,14)15/h3-5H,1-2H3,(H,11,12). The monoisotopic (exact) mass is 259 g/mol. The summed E-state index contributed by atoms with van der Waals surface area (Å²) in [6.07, 6.45) is 1.07. The Morgan fingerprint density at radius 2 is 2.12 bits per heavy atom. The fourth-order valence-electron chi connectivity index (χ4n) is 1.52. The van der Waals surface area contributed by atoms with Crippen LogP contribution in [-0.4, -0.2) is 24.5 Å². The van der Waals surface area contributed by atoms with Gasteiger partial charge in [0.2, 0.25) is 10.0 Å². The van der Waals surface area contributed by atoms with Crippen LogP contribution in [0.15, 0.2) is 18.2 Å². The normalized spacial score (nSPS) is 11.9. The van der Waals surface area contributed by atoms with Crippen molar-refractivity contribution in [1.82, 2.24) is 9.78 Å². The van der Waals surface area contributed by atoms with Gasteiger partial charge in [-0.05, 0) is 12.1 Å². The average Bonchev–Trinajstić information content (AvgIpc) is 2.42. The molecule has 1 aromatic carbocycles. The summed E-state index contributed by atoms with van der Waals surface area (Å²) in [6.45, 7) is 0. The van der Waals surface area contributed by atoms with Crippen molar-refractivity contribution in [3.8, 4) is 0 Å². The molecule has 1 N–H and O–H groups in total. The van der Waals surface area contributed by atoms with Crippen LogP contribution in [0.4, 0.5) is 5.82 Å². The highest BCUT2D eigenvalue weighted by Crippen LogP contribution is 2.29. The predicted molar refractivity (Wildman–Crippen MR) is 64.2 cm³/mol. The van der Waals surface area contributed by atoms with Gasteiger partial charge in [-0.2, -0.15) is 5.10 Å². The van der Waals surface area contributed by atoms with Crippen LogP contribution >= 0.6 is 11.6 Å². The molecule has 0 radical (unpaired) electrons. The second-order valence-corrected chi connectivity index (χ2v) is 5.64. The Morgan fingerprint density at radius 3 is 2.75 bits per heavy atom. The summed E-state index contributed by atoms with van der Waals surface area (Å²) in [5.74, 6) is 0.255. The zero-order valence-corrected chi connectivity index (χ0v) is 10.3. The number of rotatable bonds is 2. The minimum atomic E-state index is -3.36. The Morgan fingerprint density at radius 1 is 1.44 bits per heavy atom. The van der Waals surface area contributed by atoms with Crippen molar-refractivity contribution in [2.75, 3.05) is 11.0 Å². The molecule has 1 heterocycles. The van der Waals surface area contributed by atoms with E-state index in [4.69, 9.17) is 11.6 Å². The van der Waals surface area contributed by atoms with Crippen LogP contribution in [-0.2, 0) is 17.1 Å². The molecule has 0 saturated heterocycles. The number of aromatic nitrogens is 2. The molecule has 0 aliphatic rings. The van der Waals surface area contributed by atoms with Crippen LogP contribution in [0, 0.1) is 0 Å². The summed E-state index contributed by atoms with van der Waals surface area (Å²) >= 11 is 6.02. The van der Waals surface area contributed by atoms with Gasteiger partial charge in [0.05, 0.1) is 22.2 Å². The highest BCUT2D eigenvalue weighted by molar-refractivity contribution is 7.92. The third-order valence-corrected chi connectivity index (χ3v) is 2.99. The van der Waals surface area contributed by atoms with Gasteiger partial charge in [0, 0.05) is 7.05 Å². The molecule has 2 rings (SSSR count). The molecule has 86 valence electrons. The summed E-state index contributed by atoms with van der Waals surface area (Å²) in [7, 11) is -1.63. The van der Waals surface area contributed by atoms with Crippen LogP contribution in [0.5, 0.6) is 0 Å². The molecule has 0 saturated carbocycles. The topological polar surface area (TPSA) is 64.0 Å². The zero-order chi connectivity index (χ0) is 11.9. The van der Waals surface area contributed by atoms with Crippen LogP contribution in [0.1, 0.15) is 0 Å². The van der Waals surface area contributed by atoms with Crippen molar-refractivity contribution in [3.63, 3.8) is 0 Å². The fourth-order valence-corrected chi connectivity index (χ4v) is 2.27. The van der Waals surface area contributed by atoms with E-state index in [1.165, 1.54) is 0 Å². The van der Waals surface area contributed by atoms with Gasteiger partial charge in [0.1, 0.15) is 0 Å². The minimum absolute atomic E-state index is 0.255. The lowest BCUT2D eigenvalue weighted by atomic mass is 10.2. The van der Waals surface area contributed by atoms with Crippen molar-refractivity contribution in [1.29, 1.82) is 0 Å². The molecule has 5 nitrogen and oxygen atoms in total. The maximum Gasteiger partial charge on any atom is 0.231 e. The highest BCUT2D eigenvalue weighted by Gasteiger charge is 2.14. The number of fused-ring (bicyclic) bond motifs is 1. The third-order valence-electron chi connectivity index (χ3n) is 2.11. The first kappa shape index (κ1) is 11.2. The van der Waals surface area contributed by atoms with Crippen molar-refractivity contribution in [2.45, 2.75) is 0 Å². The van der Waals surface area contributed by atoms with Gasteiger partial charge in [-0.15, -0.1) is 0 Å². The number of anilines is 1. The zero-order valence-electron chi connectivity index (χ0n) is 8.73. The Bertz CT molecular complexity index is 648. The molecule has 0 unspecified atom stereocenters. The van der Waals surface area contributed by atoms with Crippen LogP contribution in [0.2, 0.25) is 5.02 Å². The van der Waals surface area contributed by atoms with E-state index in [1.54, 1.807) is 23.9 Å². The Balaban J connectivity index is 2.71. The summed E-state index contributed by atoms with van der Waals surface area (Å²) in [5, 5.41) is 5.16. The molecular weight excluding hydrogens is 250 g/mol. The molecular formula is C9H10ClN3O2S. The van der Waals surface area contributed by atoms with Crippen molar-refractivity contribution in [2.24, 2.45) is 7.05 Å². The number of aryl methyl sites for hydroxylation is 1. The van der Waals surface area contributed by atoms with Gasteiger partial charge < -0.3 is 0 Å². The average molecular weight is 260 g/mol. The molecule has 0 aliphatic heterocycles. The van der Waals surface area contributed by atoms with E-state index in [0.29, 0.717) is 10.4 Å². The first-order valence-corrected chi connectivity index (χ1v) is 6.74. The van der Waals surface area contributed by atoms with Gasteiger partial charge in [0.25, 0.3) is 0 Å². The molecule has 2 aromatic rings. The molecule has 7 heteroatoms. The third kappa shape index (κ3) is 1.98. The van der Waals surface area contributed by atoms with Crippen molar-refractivity contribution < 1.29 is 8.42 Å². The maximum absolute atomic E-state index is 11.2. The van der Waals surface area contributed by atoms with Crippen LogP contribution in [0.25, 0.3) is 10.9 Å². The fraction of sp³-hybridized carbons (Fsp3) is 0.222. The van der Waals surface area contributed by atoms with E-state index in [2.05, 4.69) is 9.82 Å². The van der Waals surface area contributed by atoms with E-state index < -0.39 is 10.0 Å². The van der Waals surface area contributed by atoms with Gasteiger partial charge in [-0.1, -0.05) is 17.7 Å². The van der Waals surface area contributed by atoms with Gasteiger partial charge in [0.15, 0.2) is 5.82 Å². The van der Waals surface area contributed by atoms with Crippen LogP contribution in [0.3, 0.4) is 0 Å². The van der Waals surface area contributed by atoms with E-state index in [-0.39, 0.29) is 5.82 Å². The molecule has 0 bridgehead atoms. The first-order chi connectivity index (χ1) is 7.38. The smallest absolute Gasteiger partial charge is 0.231 e. The Hall–Kier alpha value is -1.27. The summed E-state index contributed by atoms with van der Waals surface area (Å²) in [5.41, 5.74) is 0.777. The lowest BCUT2D eigenvalue weighted by Gasteiger charge is -2.00. The van der Waals surface area contributed by atoms with Gasteiger partial charge >= 0.3 is 0 Å². The molecule has 0 fully saturated rings. The number of benzene rings is 1. The number of nitrogens with zero attached hydrogens (tertiary/aromatic N) is 2. The second kappa shape index (κ2) is 3.64. The van der Waals surface area contributed by atoms with Crippen LogP contribution < -0.4 is 4.72 Å². The van der Waals surface area contributed by atoms with Gasteiger partial charge in [-0.25, -0.2) is 8.42 Å². The van der Waals surface area contributed by atoms with E-state index in [0.717, 1.165) is 11.8 Å². The van der Waals surface area contributed by atoms with E-state index >= 15 is 0 Å². The van der Waals surface area contributed by atoms with Crippen molar-refractivity contribution in [3.05, 3.63) is 23.2 Å². The number of halogens is 1.